The van der Waals surface area contributed by atoms with Crippen molar-refractivity contribution in [2.45, 2.75) is 19.3 Å². The van der Waals surface area contributed by atoms with E-state index in [1.54, 1.807) is 4.90 Å². The fourth-order valence-electron chi connectivity index (χ4n) is 2.49. The number of urea groups is 1. The molecule has 5 nitrogen and oxygen atoms in total. The van der Waals surface area contributed by atoms with Gasteiger partial charge < -0.3 is 16.0 Å². The maximum Gasteiger partial charge on any atom is 0.317 e. The molecule has 6 heteroatoms. The Morgan fingerprint density at radius 2 is 2.05 bits per heavy atom. The topological polar surface area (TPSA) is 75.4 Å². The number of rotatable bonds is 4. The van der Waals surface area contributed by atoms with E-state index >= 15 is 0 Å². The molecule has 1 heterocycles. The fourth-order valence-corrected chi connectivity index (χ4v) is 2.93. The van der Waals surface area contributed by atoms with Crippen LogP contribution >= 0.6 is 15.9 Å². The van der Waals surface area contributed by atoms with E-state index in [1.807, 2.05) is 24.3 Å². The van der Waals surface area contributed by atoms with Crippen molar-refractivity contribution >= 4 is 27.9 Å². The summed E-state index contributed by atoms with van der Waals surface area (Å²) >= 11 is 3.43. The van der Waals surface area contributed by atoms with Crippen molar-refractivity contribution in [2.75, 3.05) is 19.6 Å². The number of hydrogen-bond acceptors (Lipinski definition) is 2. The van der Waals surface area contributed by atoms with Crippen molar-refractivity contribution in [1.29, 1.82) is 0 Å². The van der Waals surface area contributed by atoms with Crippen LogP contribution in [0.15, 0.2) is 28.7 Å². The summed E-state index contributed by atoms with van der Waals surface area (Å²) < 4.78 is 1.04. The van der Waals surface area contributed by atoms with Crippen molar-refractivity contribution in [1.82, 2.24) is 10.2 Å². The van der Waals surface area contributed by atoms with Gasteiger partial charge in [0.15, 0.2) is 0 Å². The summed E-state index contributed by atoms with van der Waals surface area (Å²) in [6, 6.07) is 7.98. The van der Waals surface area contributed by atoms with Gasteiger partial charge in [-0.25, -0.2) is 4.79 Å². The number of carbonyl (C=O) groups is 2. The van der Waals surface area contributed by atoms with Gasteiger partial charge in [-0.05, 0) is 37.0 Å². The van der Waals surface area contributed by atoms with Gasteiger partial charge in [0.25, 0.3) is 0 Å². The van der Waals surface area contributed by atoms with E-state index in [0.29, 0.717) is 32.5 Å². The zero-order chi connectivity index (χ0) is 15.2. The van der Waals surface area contributed by atoms with E-state index < -0.39 is 0 Å². The number of likely N-dealkylation sites (tertiary alicyclic amines) is 1. The third-order valence-electron chi connectivity index (χ3n) is 3.76. The minimum atomic E-state index is -0.260. The molecular weight excluding hydrogens is 334 g/mol. The summed E-state index contributed by atoms with van der Waals surface area (Å²) in [6.45, 7) is 1.79. The summed E-state index contributed by atoms with van der Waals surface area (Å²) in [5, 5.41) is 2.92. The first-order chi connectivity index (χ1) is 10.1. The highest BCUT2D eigenvalue weighted by Crippen LogP contribution is 2.16. The molecule has 1 saturated heterocycles. The lowest BCUT2D eigenvalue weighted by molar-refractivity contribution is -0.123. The fraction of sp³-hybridized carbons (Fsp3) is 0.467. The van der Waals surface area contributed by atoms with Crippen LogP contribution in [0, 0.1) is 5.92 Å². The van der Waals surface area contributed by atoms with Gasteiger partial charge in [0.1, 0.15) is 0 Å². The smallest absolute Gasteiger partial charge is 0.317 e. The van der Waals surface area contributed by atoms with Gasteiger partial charge in [-0.3, -0.25) is 4.79 Å². The number of piperidine rings is 1. The second-order valence-electron chi connectivity index (χ2n) is 5.28. The molecular formula is C15H20BrN3O2. The second kappa shape index (κ2) is 7.45. The lowest BCUT2D eigenvalue weighted by Gasteiger charge is -2.30. The summed E-state index contributed by atoms with van der Waals surface area (Å²) in [7, 11) is 0. The van der Waals surface area contributed by atoms with E-state index in [2.05, 4.69) is 21.2 Å². The Morgan fingerprint density at radius 3 is 2.67 bits per heavy atom. The maximum atomic E-state index is 12.0. The summed E-state index contributed by atoms with van der Waals surface area (Å²) in [5.41, 5.74) is 6.46. The Kier molecular flexibility index (Phi) is 5.61. The minimum Gasteiger partial charge on any atom is -0.369 e. The van der Waals surface area contributed by atoms with Gasteiger partial charge in [-0.1, -0.05) is 28.1 Å². The van der Waals surface area contributed by atoms with E-state index in [1.165, 1.54) is 5.56 Å². The van der Waals surface area contributed by atoms with Gasteiger partial charge in [0.2, 0.25) is 5.91 Å². The van der Waals surface area contributed by atoms with Crippen LogP contribution in [0.5, 0.6) is 0 Å². The van der Waals surface area contributed by atoms with Gasteiger partial charge in [-0.2, -0.15) is 0 Å². The quantitative estimate of drug-likeness (QED) is 0.867. The monoisotopic (exact) mass is 353 g/mol. The highest BCUT2D eigenvalue weighted by Gasteiger charge is 2.25. The van der Waals surface area contributed by atoms with E-state index in [0.717, 1.165) is 10.9 Å². The molecule has 0 unspecified atom stereocenters. The first-order valence-corrected chi connectivity index (χ1v) is 7.92. The molecule has 2 rings (SSSR count). The molecule has 1 aromatic rings. The van der Waals surface area contributed by atoms with Crippen molar-refractivity contribution in [3.8, 4) is 0 Å². The minimum absolute atomic E-state index is 0.0621. The van der Waals surface area contributed by atoms with Crippen LogP contribution in [0.25, 0.3) is 0 Å². The Bertz CT molecular complexity index is 513. The zero-order valence-electron chi connectivity index (χ0n) is 11.8. The highest BCUT2D eigenvalue weighted by atomic mass is 79.9. The van der Waals surface area contributed by atoms with Crippen LogP contribution in [0.2, 0.25) is 0 Å². The predicted molar refractivity (Wildman–Crippen MR) is 84.7 cm³/mol. The number of amides is 3. The molecule has 0 aromatic heterocycles. The Hall–Kier alpha value is -1.56. The van der Waals surface area contributed by atoms with Crippen LogP contribution in [0.4, 0.5) is 4.79 Å². The number of nitrogens with zero attached hydrogens (tertiary/aromatic N) is 1. The zero-order valence-corrected chi connectivity index (χ0v) is 13.4. The molecule has 1 fully saturated rings. The van der Waals surface area contributed by atoms with Gasteiger partial charge in [0, 0.05) is 30.0 Å². The van der Waals surface area contributed by atoms with Crippen molar-refractivity contribution in [3.63, 3.8) is 0 Å². The van der Waals surface area contributed by atoms with E-state index in [-0.39, 0.29) is 17.9 Å². The Morgan fingerprint density at radius 1 is 1.33 bits per heavy atom. The number of halogens is 1. The predicted octanol–water partition coefficient (Wildman–Crippen LogP) is 1.90. The van der Waals surface area contributed by atoms with Crippen LogP contribution in [-0.4, -0.2) is 36.5 Å². The van der Waals surface area contributed by atoms with Crippen molar-refractivity contribution in [3.05, 3.63) is 34.3 Å². The van der Waals surface area contributed by atoms with Gasteiger partial charge in [0.05, 0.1) is 0 Å². The molecule has 114 valence electrons. The molecule has 0 radical (unpaired) electrons. The highest BCUT2D eigenvalue weighted by molar-refractivity contribution is 9.10. The van der Waals surface area contributed by atoms with Gasteiger partial charge >= 0.3 is 6.03 Å². The third kappa shape index (κ3) is 4.74. The molecule has 0 spiro atoms. The summed E-state index contributed by atoms with van der Waals surface area (Å²) in [5.74, 6) is -0.347. The summed E-state index contributed by atoms with van der Waals surface area (Å²) in [4.78, 5) is 24.9. The molecule has 0 bridgehead atoms. The number of nitrogens with one attached hydrogen (secondary N) is 1. The maximum absolute atomic E-state index is 12.0. The van der Waals surface area contributed by atoms with Crippen molar-refractivity contribution < 1.29 is 9.59 Å². The molecule has 0 saturated carbocycles. The number of primary amides is 1. The molecule has 0 atom stereocenters. The van der Waals surface area contributed by atoms with Crippen LogP contribution in [0.3, 0.4) is 0 Å². The first kappa shape index (κ1) is 15.8. The lowest BCUT2D eigenvalue weighted by Crippen LogP contribution is -2.46. The number of hydrogen-bond donors (Lipinski definition) is 2. The standard InChI is InChI=1S/C15H20BrN3O2/c16-13-3-1-2-11(10-13)4-7-18-15(21)19-8-5-12(6-9-19)14(17)20/h1-3,10,12H,4-9H2,(H2,17,20)(H,18,21). The first-order valence-electron chi connectivity index (χ1n) is 7.13. The van der Waals surface area contributed by atoms with E-state index in [4.69, 9.17) is 5.73 Å². The van der Waals surface area contributed by atoms with Crippen LogP contribution in [0.1, 0.15) is 18.4 Å². The molecule has 1 aliphatic heterocycles. The van der Waals surface area contributed by atoms with E-state index in [9.17, 15) is 9.59 Å². The number of carbonyl (C=O) groups excluding carboxylic acids is 2. The normalized spacial score (nSPS) is 15.8. The number of nitrogens with two attached hydrogens (primary N) is 1. The molecule has 21 heavy (non-hydrogen) atoms. The average molecular weight is 354 g/mol. The molecule has 3 amide bonds. The second-order valence-corrected chi connectivity index (χ2v) is 6.19. The largest absolute Gasteiger partial charge is 0.369 e. The lowest BCUT2D eigenvalue weighted by atomic mass is 9.96. The van der Waals surface area contributed by atoms with Crippen LogP contribution in [-0.2, 0) is 11.2 Å². The molecule has 1 aromatic carbocycles. The molecule has 3 N–H and O–H groups in total. The molecule has 1 aliphatic rings. The van der Waals surface area contributed by atoms with Gasteiger partial charge in [-0.15, -0.1) is 0 Å². The van der Waals surface area contributed by atoms with Crippen LogP contribution < -0.4 is 11.1 Å². The third-order valence-corrected chi connectivity index (χ3v) is 4.26. The molecule has 0 aliphatic carbocycles. The SMILES string of the molecule is NC(=O)C1CCN(C(=O)NCCc2cccc(Br)c2)CC1. The Labute approximate surface area is 133 Å². The Balaban J connectivity index is 1.72. The summed E-state index contributed by atoms with van der Waals surface area (Å²) in [6.07, 6.45) is 2.12. The average Bonchev–Trinajstić information content (AvgIpc) is 2.47. The van der Waals surface area contributed by atoms with Crippen molar-refractivity contribution in [2.24, 2.45) is 11.7 Å². The number of benzene rings is 1.